The van der Waals surface area contributed by atoms with E-state index in [0.29, 0.717) is 34.8 Å². The summed E-state index contributed by atoms with van der Waals surface area (Å²) < 4.78 is 13.8. The molecule has 0 bridgehead atoms. The molecule has 0 spiro atoms. The number of hydrogen-bond acceptors (Lipinski definition) is 9. The van der Waals surface area contributed by atoms with E-state index in [9.17, 15) is 19.8 Å². The first-order valence-electron chi connectivity index (χ1n) is 13.5. The fraction of sp³-hybridized carbons (Fsp3) is 0.226. The van der Waals surface area contributed by atoms with Gasteiger partial charge in [0.2, 0.25) is 0 Å². The smallest absolute Gasteiger partial charge is 0.301 e. The van der Waals surface area contributed by atoms with Crippen molar-refractivity contribution in [2.45, 2.75) is 33.7 Å². The van der Waals surface area contributed by atoms with Crippen LogP contribution in [0.4, 0.5) is 5.13 Å². The van der Waals surface area contributed by atoms with Gasteiger partial charge in [0.25, 0.3) is 5.78 Å². The Bertz CT molecular complexity index is 1920. The summed E-state index contributed by atoms with van der Waals surface area (Å²) in [5, 5.41) is 22.4. The standard InChI is InChI=1S/C31H28N4O6S/c1-5-40-19-10-11-20-23(15-19)42-31(32-20)35-26(18-9-12-21(36)22(14-18)41-6-2)24(28(38)30(35)39)27(37)25-17(4)34-13-7-8-16(3)29(34)33-25/h7-15,26,36-37H,5-6H2,1-4H3/b27-24+. The lowest BCUT2D eigenvalue weighted by atomic mass is 9.96. The van der Waals surface area contributed by atoms with Crippen molar-refractivity contribution in [1.82, 2.24) is 14.4 Å². The molecule has 1 fully saturated rings. The number of thiazole rings is 1. The number of carbonyl (C=O) groups is 2. The molecule has 0 aliphatic carbocycles. The van der Waals surface area contributed by atoms with Gasteiger partial charge < -0.3 is 24.1 Å². The summed E-state index contributed by atoms with van der Waals surface area (Å²) >= 11 is 1.23. The Morgan fingerprint density at radius 2 is 1.81 bits per heavy atom. The number of hydrogen-bond donors (Lipinski definition) is 2. The number of aromatic nitrogens is 3. The van der Waals surface area contributed by atoms with Crippen molar-refractivity contribution in [3.05, 3.63) is 82.8 Å². The van der Waals surface area contributed by atoms with Gasteiger partial charge in [-0.2, -0.15) is 0 Å². The number of phenolic OH excluding ortho intramolecular Hbond substituents is 1. The van der Waals surface area contributed by atoms with E-state index in [2.05, 4.69) is 9.97 Å². The highest BCUT2D eigenvalue weighted by atomic mass is 32.1. The molecule has 3 aromatic heterocycles. The number of ketones is 1. The predicted molar refractivity (Wildman–Crippen MR) is 160 cm³/mol. The summed E-state index contributed by atoms with van der Waals surface area (Å²) in [5.74, 6) is -1.35. The van der Waals surface area contributed by atoms with Crippen molar-refractivity contribution in [2.24, 2.45) is 0 Å². The first-order chi connectivity index (χ1) is 20.2. The number of phenols is 1. The molecule has 0 saturated carbocycles. The molecule has 1 unspecified atom stereocenters. The third-order valence-electron chi connectivity index (χ3n) is 7.22. The van der Waals surface area contributed by atoms with Gasteiger partial charge in [-0.05, 0) is 75.2 Å². The number of benzene rings is 2. The molecule has 2 aromatic carbocycles. The highest BCUT2D eigenvalue weighted by molar-refractivity contribution is 7.22. The van der Waals surface area contributed by atoms with Gasteiger partial charge in [-0.1, -0.05) is 23.5 Å². The second-order valence-corrected chi connectivity index (χ2v) is 10.8. The number of nitrogens with zero attached hydrogens (tertiary/aromatic N) is 4. The minimum atomic E-state index is -1.07. The van der Waals surface area contributed by atoms with E-state index >= 15 is 0 Å². The van der Waals surface area contributed by atoms with Gasteiger partial charge >= 0.3 is 5.91 Å². The number of amides is 1. The summed E-state index contributed by atoms with van der Waals surface area (Å²) in [4.78, 5) is 38.1. The summed E-state index contributed by atoms with van der Waals surface area (Å²) in [6.07, 6.45) is 1.82. The third kappa shape index (κ3) is 4.33. The van der Waals surface area contributed by atoms with Crippen LogP contribution in [0.1, 0.15) is 42.4 Å². The van der Waals surface area contributed by atoms with Crippen LogP contribution in [0.3, 0.4) is 0 Å². The highest BCUT2D eigenvalue weighted by Crippen LogP contribution is 2.46. The van der Waals surface area contributed by atoms with E-state index in [4.69, 9.17) is 9.47 Å². The molecule has 5 aromatic rings. The zero-order valence-corrected chi connectivity index (χ0v) is 24.2. The quantitative estimate of drug-likeness (QED) is 0.142. The molecular weight excluding hydrogens is 556 g/mol. The molecule has 10 nitrogen and oxygen atoms in total. The molecule has 4 heterocycles. The van der Waals surface area contributed by atoms with Crippen LogP contribution in [0, 0.1) is 13.8 Å². The van der Waals surface area contributed by atoms with Gasteiger partial charge in [0.1, 0.15) is 17.1 Å². The molecule has 42 heavy (non-hydrogen) atoms. The summed E-state index contributed by atoms with van der Waals surface area (Å²) in [7, 11) is 0. The number of rotatable bonds is 7. The average Bonchev–Trinajstić information content (AvgIpc) is 3.62. The van der Waals surface area contributed by atoms with Gasteiger partial charge in [0.05, 0.1) is 40.7 Å². The number of aryl methyl sites for hydroxylation is 2. The number of ether oxygens (including phenoxy) is 2. The number of pyridine rings is 1. The second kappa shape index (κ2) is 10.5. The van der Waals surface area contributed by atoms with Crippen LogP contribution < -0.4 is 14.4 Å². The zero-order valence-electron chi connectivity index (χ0n) is 23.4. The van der Waals surface area contributed by atoms with Gasteiger partial charge in [-0.15, -0.1) is 0 Å². The number of Topliss-reactive ketones (excluding diaryl/α,β-unsaturated/α-hetero) is 1. The van der Waals surface area contributed by atoms with Gasteiger partial charge in [-0.25, -0.2) is 9.97 Å². The monoisotopic (exact) mass is 584 g/mol. The van der Waals surface area contributed by atoms with E-state index in [1.54, 1.807) is 38.1 Å². The molecule has 1 aliphatic rings. The maximum atomic E-state index is 13.7. The normalized spacial score (nSPS) is 16.6. The number of carbonyl (C=O) groups excluding carboxylic acids is 2. The van der Waals surface area contributed by atoms with Gasteiger partial charge in [0, 0.05) is 6.20 Å². The average molecular weight is 585 g/mol. The van der Waals surface area contributed by atoms with Gasteiger partial charge in [-0.3, -0.25) is 14.5 Å². The van der Waals surface area contributed by atoms with Crippen molar-refractivity contribution in [2.75, 3.05) is 18.1 Å². The summed E-state index contributed by atoms with van der Waals surface area (Å²) in [6, 6.07) is 12.7. The van der Waals surface area contributed by atoms with Crippen LogP contribution in [-0.2, 0) is 9.59 Å². The van der Waals surface area contributed by atoms with Crippen LogP contribution >= 0.6 is 11.3 Å². The molecule has 1 aliphatic heterocycles. The van der Waals surface area contributed by atoms with Crippen LogP contribution in [0.25, 0.3) is 21.6 Å². The van der Waals surface area contributed by atoms with Gasteiger partial charge in [0.15, 0.2) is 22.4 Å². The van der Waals surface area contributed by atoms with Crippen LogP contribution in [0.2, 0.25) is 0 Å². The number of fused-ring (bicyclic) bond motifs is 2. The molecule has 1 amide bonds. The van der Waals surface area contributed by atoms with E-state index < -0.39 is 23.5 Å². The Morgan fingerprint density at radius 1 is 1.02 bits per heavy atom. The second-order valence-electron chi connectivity index (χ2n) is 9.82. The number of aromatic hydroxyl groups is 1. The van der Waals surface area contributed by atoms with E-state index in [0.717, 1.165) is 10.3 Å². The maximum Gasteiger partial charge on any atom is 0.301 e. The van der Waals surface area contributed by atoms with Crippen molar-refractivity contribution in [1.29, 1.82) is 0 Å². The molecule has 6 rings (SSSR count). The maximum absolute atomic E-state index is 13.7. The molecular formula is C31H28N4O6S. The molecule has 214 valence electrons. The number of aliphatic hydroxyl groups is 1. The Morgan fingerprint density at radius 3 is 2.55 bits per heavy atom. The van der Waals surface area contributed by atoms with E-state index in [1.807, 2.05) is 42.6 Å². The van der Waals surface area contributed by atoms with Crippen LogP contribution in [-0.4, -0.2) is 49.5 Å². The topological polar surface area (TPSA) is 126 Å². The largest absolute Gasteiger partial charge is 0.505 e. The number of imidazole rings is 1. The molecule has 1 atom stereocenters. The minimum absolute atomic E-state index is 0.0901. The van der Waals surface area contributed by atoms with Crippen molar-refractivity contribution < 1.29 is 29.3 Å². The summed E-state index contributed by atoms with van der Waals surface area (Å²) in [5.41, 5.74) is 3.27. The number of anilines is 1. The lowest BCUT2D eigenvalue weighted by molar-refractivity contribution is -0.132. The lowest BCUT2D eigenvalue weighted by Gasteiger charge is -2.23. The lowest BCUT2D eigenvalue weighted by Crippen LogP contribution is -2.29. The Balaban J connectivity index is 1.58. The van der Waals surface area contributed by atoms with Crippen LogP contribution in [0.5, 0.6) is 17.2 Å². The van der Waals surface area contributed by atoms with Crippen molar-refractivity contribution in [3.8, 4) is 17.2 Å². The van der Waals surface area contributed by atoms with Crippen molar-refractivity contribution >= 4 is 49.8 Å². The SMILES string of the molecule is CCOc1ccc2nc(N3C(=O)C(=O)/C(=C(/O)c4nc5c(C)cccn5c4C)C3c3ccc(O)c(OCC)c3)sc2c1. The van der Waals surface area contributed by atoms with Crippen LogP contribution in [0.15, 0.2) is 60.3 Å². The van der Waals surface area contributed by atoms with E-state index in [-0.39, 0.29) is 34.5 Å². The molecule has 1 saturated heterocycles. The Labute approximate surface area is 245 Å². The fourth-order valence-corrected chi connectivity index (χ4v) is 6.26. The first-order valence-corrected chi connectivity index (χ1v) is 14.3. The molecule has 0 radical (unpaired) electrons. The van der Waals surface area contributed by atoms with E-state index in [1.165, 1.54) is 22.3 Å². The number of aliphatic hydroxyl groups excluding tert-OH is 1. The summed E-state index contributed by atoms with van der Waals surface area (Å²) in [6.45, 7) is 8.15. The predicted octanol–water partition coefficient (Wildman–Crippen LogP) is 5.69. The van der Waals surface area contributed by atoms with Crippen molar-refractivity contribution in [3.63, 3.8) is 0 Å². The molecule has 2 N–H and O–H groups in total. The Kier molecular flexibility index (Phi) is 6.82. The minimum Gasteiger partial charge on any atom is -0.505 e. The molecule has 11 heteroatoms. The third-order valence-corrected chi connectivity index (χ3v) is 8.24. The highest BCUT2D eigenvalue weighted by Gasteiger charge is 2.49. The zero-order chi connectivity index (χ0) is 29.7. The Hall–Kier alpha value is -4.90. The fourth-order valence-electron chi connectivity index (χ4n) is 5.24. The first kappa shape index (κ1) is 27.3.